The van der Waals surface area contributed by atoms with Crippen LogP contribution in [0.25, 0.3) is 0 Å². The van der Waals surface area contributed by atoms with Crippen molar-refractivity contribution in [1.82, 2.24) is 15.1 Å². The zero-order valence-corrected chi connectivity index (χ0v) is 8.03. The van der Waals surface area contributed by atoms with E-state index in [1.165, 1.54) is 6.20 Å². The maximum Gasteiger partial charge on any atom is 0.259 e. The molecule has 0 bridgehead atoms. The van der Waals surface area contributed by atoms with E-state index >= 15 is 0 Å². The molecule has 0 unspecified atom stereocenters. The van der Waals surface area contributed by atoms with Crippen LogP contribution in [0.2, 0.25) is 0 Å². The molecule has 0 saturated heterocycles. The van der Waals surface area contributed by atoms with E-state index in [1.54, 1.807) is 11.9 Å². The highest BCUT2D eigenvalue weighted by Gasteiger charge is 2.17. The van der Waals surface area contributed by atoms with Crippen molar-refractivity contribution in [3.8, 4) is 0 Å². The zero-order chi connectivity index (χ0) is 10.0. The van der Waals surface area contributed by atoms with E-state index in [0.29, 0.717) is 11.4 Å². The number of nitrogens with one attached hydrogen (secondary N) is 1. The smallest absolute Gasteiger partial charge is 0.259 e. The molecule has 1 aromatic heterocycles. The van der Waals surface area contributed by atoms with Crippen LogP contribution in [0.5, 0.6) is 0 Å². The van der Waals surface area contributed by atoms with Gasteiger partial charge in [0.2, 0.25) is 0 Å². The topological polar surface area (TPSA) is 75.0 Å². The fourth-order valence-corrected chi connectivity index (χ4v) is 0.891. The summed E-state index contributed by atoms with van der Waals surface area (Å²) in [7, 11) is 1.74. The molecule has 0 atom stereocenters. The third kappa shape index (κ3) is 1.80. The lowest BCUT2D eigenvalue weighted by molar-refractivity contribution is 0.0756. The number of carbonyl (C=O) groups is 1. The number of nitrogen functional groups attached to an aromatic ring is 1. The van der Waals surface area contributed by atoms with Gasteiger partial charge in [0, 0.05) is 13.1 Å². The lowest BCUT2D eigenvalue weighted by atomic mass is 10.2. The van der Waals surface area contributed by atoms with Gasteiger partial charge in [0.1, 0.15) is 11.4 Å². The van der Waals surface area contributed by atoms with Crippen LogP contribution in [-0.2, 0) is 0 Å². The number of aromatic nitrogens is 2. The highest BCUT2D eigenvalue weighted by molar-refractivity contribution is 5.98. The van der Waals surface area contributed by atoms with Crippen LogP contribution in [0.3, 0.4) is 0 Å². The van der Waals surface area contributed by atoms with Gasteiger partial charge < -0.3 is 10.6 Å². The lowest BCUT2D eigenvalue weighted by Crippen LogP contribution is -2.33. The number of rotatable bonds is 2. The van der Waals surface area contributed by atoms with E-state index in [0.717, 1.165) is 0 Å². The number of hydrogen-bond acceptors (Lipinski definition) is 3. The second-order valence-corrected chi connectivity index (χ2v) is 3.21. The lowest BCUT2D eigenvalue weighted by Gasteiger charge is -2.20. The standard InChI is InChI=1S/C8H14N4O/c1-5(2)12(3)8(13)6-4-10-11-7(6)9/h4-5H,1-3H3,(H3,9,10,11). The van der Waals surface area contributed by atoms with Gasteiger partial charge in [-0.25, -0.2) is 0 Å². The third-order valence-corrected chi connectivity index (χ3v) is 1.99. The first kappa shape index (κ1) is 9.57. The monoisotopic (exact) mass is 182 g/mol. The molecule has 5 heteroatoms. The van der Waals surface area contributed by atoms with Crippen LogP contribution >= 0.6 is 0 Å². The van der Waals surface area contributed by atoms with Gasteiger partial charge in [0.25, 0.3) is 5.91 Å². The SMILES string of the molecule is CC(C)N(C)C(=O)c1cn[nH]c1N. The molecule has 3 N–H and O–H groups in total. The molecule has 13 heavy (non-hydrogen) atoms. The molecular weight excluding hydrogens is 168 g/mol. The minimum atomic E-state index is -0.110. The fraction of sp³-hybridized carbons (Fsp3) is 0.500. The maximum absolute atomic E-state index is 11.7. The number of nitrogens with two attached hydrogens (primary N) is 1. The van der Waals surface area contributed by atoms with Crippen LogP contribution < -0.4 is 5.73 Å². The second-order valence-electron chi connectivity index (χ2n) is 3.21. The van der Waals surface area contributed by atoms with Gasteiger partial charge in [-0.05, 0) is 13.8 Å². The molecular formula is C8H14N4O. The summed E-state index contributed by atoms with van der Waals surface area (Å²) in [5.41, 5.74) is 5.94. The minimum absolute atomic E-state index is 0.110. The number of nitrogens with zero attached hydrogens (tertiary/aromatic N) is 2. The third-order valence-electron chi connectivity index (χ3n) is 1.99. The average molecular weight is 182 g/mol. The Balaban J connectivity index is 2.86. The molecule has 72 valence electrons. The van der Waals surface area contributed by atoms with Gasteiger partial charge >= 0.3 is 0 Å². The van der Waals surface area contributed by atoms with Crippen LogP contribution in [-0.4, -0.2) is 34.1 Å². The van der Waals surface area contributed by atoms with Crippen molar-refractivity contribution in [2.45, 2.75) is 19.9 Å². The van der Waals surface area contributed by atoms with Crippen molar-refractivity contribution in [3.63, 3.8) is 0 Å². The maximum atomic E-state index is 11.7. The Morgan fingerprint density at radius 2 is 2.31 bits per heavy atom. The molecule has 0 radical (unpaired) electrons. The predicted octanol–water partition coefficient (Wildman–Crippen LogP) is 0.472. The molecule has 1 heterocycles. The highest BCUT2D eigenvalue weighted by Crippen LogP contribution is 2.10. The summed E-state index contributed by atoms with van der Waals surface area (Å²) in [5, 5.41) is 6.21. The van der Waals surface area contributed by atoms with Crippen molar-refractivity contribution in [3.05, 3.63) is 11.8 Å². The molecule has 0 spiro atoms. The van der Waals surface area contributed by atoms with Gasteiger partial charge in [-0.1, -0.05) is 0 Å². The minimum Gasteiger partial charge on any atom is -0.383 e. The average Bonchev–Trinajstić information content (AvgIpc) is 2.48. The van der Waals surface area contributed by atoms with Crippen molar-refractivity contribution in [2.24, 2.45) is 0 Å². The molecule has 0 aliphatic rings. The van der Waals surface area contributed by atoms with Crippen molar-refractivity contribution in [2.75, 3.05) is 12.8 Å². The van der Waals surface area contributed by atoms with Crippen LogP contribution in [0, 0.1) is 0 Å². The number of amides is 1. The first-order valence-corrected chi connectivity index (χ1v) is 4.10. The molecule has 0 aromatic carbocycles. The zero-order valence-electron chi connectivity index (χ0n) is 8.03. The van der Waals surface area contributed by atoms with E-state index in [2.05, 4.69) is 10.2 Å². The Hall–Kier alpha value is -1.52. The number of carbonyl (C=O) groups excluding carboxylic acids is 1. The normalized spacial score (nSPS) is 10.5. The Kier molecular flexibility index (Phi) is 2.55. The van der Waals surface area contributed by atoms with Gasteiger partial charge in [-0.2, -0.15) is 5.10 Å². The van der Waals surface area contributed by atoms with Gasteiger partial charge in [0.05, 0.1) is 6.20 Å². The number of hydrogen-bond donors (Lipinski definition) is 2. The summed E-state index contributed by atoms with van der Waals surface area (Å²) in [6.07, 6.45) is 1.44. The van der Waals surface area contributed by atoms with Crippen LogP contribution in [0.4, 0.5) is 5.82 Å². The summed E-state index contributed by atoms with van der Waals surface area (Å²) >= 11 is 0. The fourth-order valence-electron chi connectivity index (χ4n) is 0.891. The summed E-state index contributed by atoms with van der Waals surface area (Å²) < 4.78 is 0. The van der Waals surface area contributed by atoms with E-state index in [1.807, 2.05) is 13.8 Å². The summed E-state index contributed by atoms with van der Waals surface area (Å²) in [4.78, 5) is 13.3. The highest BCUT2D eigenvalue weighted by atomic mass is 16.2. The van der Waals surface area contributed by atoms with Crippen molar-refractivity contribution in [1.29, 1.82) is 0 Å². The number of anilines is 1. The summed E-state index contributed by atoms with van der Waals surface area (Å²) in [5.74, 6) is 0.207. The van der Waals surface area contributed by atoms with Crippen molar-refractivity contribution >= 4 is 11.7 Å². The molecule has 0 saturated carbocycles. The Labute approximate surface area is 76.9 Å². The van der Waals surface area contributed by atoms with E-state index in [4.69, 9.17) is 5.73 Å². The first-order chi connectivity index (χ1) is 6.04. The summed E-state index contributed by atoms with van der Waals surface area (Å²) in [6, 6.07) is 0.154. The first-order valence-electron chi connectivity index (χ1n) is 4.10. The number of H-pyrrole nitrogens is 1. The van der Waals surface area contributed by atoms with Crippen LogP contribution in [0.1, 0.15) is 24.2 Å². The predicted molar refractivity (Wildman–Crippen MR) is 50.2 cm³/mol. The van der Waals surface area contributed by atoms with E-state index in [-0.39, 0.29) is 11.9 Å². The molecule has 0 aliphatic heterocycles. The van der Waals surface area contributed by atoms with Gasteiger partial charge in [-0.15, -0.1) is 0 Å². The van der Waals surface area contributed by atoms with Gasteiger partial charge in [0.15, 0.2) is 0 Å². The van der Waals surface area contributed by atoms with Gasteiger partial charge in [-0.3, -0.25) is 9.89 Å². The van der Waals surface area contributed by atoms with E-state index < -0.39 is 0 Å². The van der Waals surface area contributed by atoms with Crippen molar-refractivity contribution < 1.29 is 4.79 Å². The van der Waals surface area contributed by atoms with Crippen LogP contribution in [0.15, 0.2) is 6.20 Å². The van der Waals surface area contributed by atoms with E-state index in [9.17, 15) is 4.79 Å². The molecule has 1 amide bonds. The molecule has 1 aromatic rings. The Bertz CT molecular complexity index is 305. The second kappa shape index (κ2) is 3.47. The largest absolute Gasteiger partial charge is 0.383 e. The molecule has 0 fully saturated rings. The summed E-state index contributed by atoms with van der Waals surface area (Å²) in [6.45, 7) is 3.88. The Morgan fingerprint density at radius 1 is 1.69 bits per heavy atom. The number of aromatic amines is 1. The quantitative estimate of drug-likeness (QED) is 0.698. The Morgan fingerprint density at radius 3 is 2.69 bits per heavy atom. The molecule has 1 rings (SSSR count). The molecule has 5 nitrogen and oxygen atoms in total. The molecule has 0 aliphatic carbocycles.